The van der Waals surface area contributed by atoms with Crippen molar-refractivity contribution in [2.24, 2.45) is 0 Å². The van der Waals surface area contributed by atoms with E-state index in [4.69, 9.17) is 10.00 Å². The number of rotatable bonds is 7. The maximum Gasteiger partial charge on any atom is 0.257 e. The number of aryl methyl sites for hydroxylation is 1. The zero-order valence-electron chi connectivity index (χ0n) is 14.2. The summed E-state index contributed by atoms with van der Waals surface area (Å²) in [7, 11) is 0. The lowest BCUT2D eigenvalue weighted by Gasteiger charge is -2.10. The summed E-state index contributed by atoms with van der Waals surface area (Å²) in [6, 6.07) is 14.3. The lowest BCUT2D eigenvalue weighted by molar-refractivity contribution is -0.123. The third-order valence-corrected chi connectivity index (χ3v) is 4.01. The van der Waals surface area contributed by atoms with E-state index in [1.54, 1.807) is 24.3 Å². The largest absolute Gasteiger partial charge is 0.482 e. The quantitative estimate of drug-likeness (QED) is 0.726. The van der Waals surface area contributed by atoms with Crippen LogP contribution in [0.25, 0.3) is 0 Å². The standard InChI is InChI=1S/C19H18BrN3O3/c1-13-6-7-15(20)10-16(13)23-18(24)8-9-22-19(25)12-26-17-5-3-2-4-14(17)11-21/h2-7,10H,8-9,12H2,1H3,(H,22,25)(H,23,24). The van der Waals surface area contributed by atoms with Crippen LogP contribution in [0, 0.1) is 18.3 Å². The number of amides is 2. The van der Waals surface area contributed by atoms with E-state index in [1.807, 2.05) is 31.2 Å². The normalized spacial score (nSPS) is 9.88. The number of hydrogen-bond donors (Lipinski definition) is 2. The van der Waals surface area contributed by atoms with Crippen LogP contribution in [0.2, 0.25) is 0 Å². The Morgan fingerprint density at radius 1 is 1.19 bits per heavy atom. The highest BCUT2D eigenvalue weighted by Crippen LogP contribution is 2.20. The van der Waals surface area contributed by atoms with Gasteiger partial charge >= 0.3 is 0 Å². The van der Waals surface area contributed by atoms with Gasteiger partial charge in [-0.15, -0.1) is 0 Å². The third kappa shape index (κ3) is 5.90. The fourth-order valence-corrected chi connectivity index (χ4v) is 2.50. The van der Waals surface area contributed by atoms with Crippen molar-refractivity contribution in [3.8, 4) is 11.8 Å². The number of anilines is 1. The van der Waals surface area contributed by atoms with Crippen molar-refractivity contribution in [1.29, 1.82) is 5.26 Å². The van der Waals surface area contributed by atoms with Gasteiger partial charge in [0.15, 0.2) is 6.61 Å². The van der Waals surface area contributed by atoms with Crippen molar-refractivity contribution in [3.63, 3.8) is 0 Å². The molecule has 2 amide bonds. The van der Waals surface area contributed by atoms with E-state index in [9.17, 15) is 9.59 Å². The lowest BCUT2D eigenvalue weighted by Crippen LogP contribution is -2.31. The number of carbonyl (C=O) groups is 2. The molecule has 2 aromatic rings. The Balaban J connectivity index is 1.73. The predicted octanol–water partition coefficient (Wildman–Crippen LogP) is 3.15. The van der Waals surface area contributed by atoms with Gasteiger partial charge in [-0.1, -0.05) is 34.1 Å². The van der Waals surface area contributed by atoms with Gasteiger partial charge in [0.25, 0.3) is 5.91 Å². The molecule has 0 aromatic heterocycles. The van der Waals surface area contributed by atoms with Gasteiger partial charge in [0.05, 0.1) is 5.56 Å². The summed E-state index contributed by atoms with van der Waals surface area (Å²) in [5.74, 6) is -0.195. The highest BCUT2D eigenvalue weighted by Gasteiger charge is 2.08. The molecule has 0 radical (unpaired) electrons. The number of halogens is 1. The van der Waals surface area contributed by atoms with Crippen LogP contribution in [-0.4, -0.2) is 25.0 Å². The maximum absolute atomic E-state index is 12.0. The van der Waals surface area contributed by atoms with Crippen molar-refractivity contribution in [3.05, 3.63) is 58.1 Å². The van der Waals surface area contributed by atoms with E-state index in [0.717, 1.165) is 15.7 Å². The summed E-state index contributed by atoms with van der Waals surface area (Å²) >= 11 is 3.36. The summed E-state index contributed by atoms with van der Waals surface area (Å²) in [6.07, 6.45) is 0.145. The molecule has 0 atom stereocenters. The Bertz CT molecular complexity index is 846. The van der Waals surface area contributed by atoms with E-state index in [0.29, 0.717) is 11.3 Å². The van der Waals surface area contributed by atoms with Crippen molar-refractivity contribution < 1.29 is 14.3 Å². The first-order valence-electron chi connectivity index (χ1n) is 7.94. The van der Waals surface area contributed by atoms with Gasteiger partial charge in [0, 0.05) is 23.1 Å². The number of hydrogen-bond acceptors (Lipinski definition) is 4. The fraction of sp³-hybridized carbons (Fsp3) is 0.211. The lowest BCUT2D eigenvalue weighted by atomic mass is 10.2. The molecule has 2 rings (SSSR count). The highest BCUT2D eigenvalue weighted by molar-refractivity contribution is 9.10. The smallest absolute Gasteiger partial charge is 0.257 e. The first-order chi connectivity index (χ1) is 12.5. The number of carbonyl (C=O) groups excluding carboxylic acids is 2. The third-order valence-electron chi connectivity index (χ3n) is 3.51. The van der Waals surface area contributed by atoms with Crippen LogP contribution in [0.3, 0.4) is 0 Å². The van der Waals surface area contributed by atoms with Crippen LogP contribution in [-0.2, 0) is 9.59 Å². The molecule has 0 spiro atoms. The van der Waals surface area contributed by atoms with E-state index >= 15 is 0 Å². The Hall–Kier alpha value is -2.85. The Labute approximate surface area is 160 Å². The number of benzene rings is 2. The number of ether oxygens (including phenoxy) is 1. The minimum atomic E-state index is -0.357. The molecule has 0 bridgehead atoms. The molecule has 0 aliphatic rings. The van der Waals surface area contributed by atoms with Crippen LogP contribution < -0.4 is 15.4 Å². The minimum Gasteiger partial charge on any atom is -0.482 e. The number of nitrogens with one attached hydrogen (secondary N) is 2. The molecule has 0 fully saturated rings. The molecular formula is C19H18BrN3O3. The molecule has 0 aliphatic carbocycles. The van der Waals surface area contributed by atoms with Gasteiger partial charge in [0.2, 0.25) is 5.91 Å². The molecule has 0 saturated heterocycles. The summed E-state index contributed by atoms with van der Waals surface area (Å²) in [6.45, 7) is 1.88. The summed E-state index contributed by atoms with van der Waals surface area (Å²) in [5, 5.41) is 14.4. The first-order valence-corrected chi connectivity index (χ1v) is 8.73. The van der Waals surface area contributed by atoms with Gasteiger partial charge in [-0.25, -0.2) is 0 Å². The van der Waals surface area contributed by atoms with Gasteiger partial charge in [0.1, 0.15) is 11.8 Å². The second-order valence-corrected chi connectivity index (χ2v) is 6.42. The van der Waals surface area contributed by atoms with E-state index in [2.05, 4.69) is 26.6 Å². The molecule has 2 N–H and O–H groups in total. The zero-order chi connectivity index (χ0) is 18.9. The topological polar surface area (TPSA) is 91.2 Å². The van der Waals surface area contributed by atoms with Crippen molar-refractivity contribution >= 4 is 33.4 Å². The van der Waals surface area contributed by atoms with Crippen LogP contribution in [0.15, 0.2) is 46.9 Å². The molecule has 7 heteroatoms. The molecule has 134 valence electrons. The molecule has 0 saturated carbocycles. The van der Waals surface area contributed by atoms with E-state index < -0.39 is 0 Å². The Morgan fingerprint density at radius 3 is 2.73 bits per heavy atom. The summed E-state index contributed by atoms with van der Waals surface area (Å²) in [4.78, 5) is 23.8. The average molecular weight is 416 g/mol. The predicted molar refractivity (Wildman–Crippen MR) is 102 cm³/mol. The number of para-hydroxylation sites is 1. The number of nitriles is 1. The van der Waals surface area contributed by atoms with E-state index in [-0.39, 0.29) is 31.4 Å². The molecule has 0 aliphatic heterocycles. The first kappa shape index (κ1) is 19.5. The molecule has 26 heavy (non-hydrogen) atoms. The van der Waals surface area contributed by atoms with Crippen molar-refractivity contribution in [2.45, 2.75) is 13.3 Å². The Morgan fingerprint density at radius 2 is 1.96 bits per heavy atom. The van der Waals surface area contributed by atoms with Crippen molar-refractivity contribution in [1.82, 2.24) is 5.32 Å². The second-order valence-electron chi connectivity index (χ2n) is 5.50. The van der Waals surface area contributed by atoms with Crippen molar-refractivity contribution in [2.75, 3.05) is 18.5 Å². The fourth-order valence-electron chi connectivity index (χ4n) is 2.14. The molecular weight excluding hydrogens is 398 g/mol. The monoisotopic (exact) mass is 415 g/mol. The summed E-state index contributed by atoms with van der Waals surface area (Å²) < 4.78 is 6.21. The Kier molecular flexibility index (Phi) is 7.18. The zero-order valence-corrected chi connectivity index (χ0v) is 15.8. The van der Waals surface area contributed by atoms with Crippen LogP contribution in [0.1, 0.15) is 17.5 Å². The molecule has 2 aromatic carbocycles. The van der Waals surface area contributed by atoms with Gasteiger partial charge < -0.3 is 15.4 Å². The SMILES string of the molecule is Cc1ccc(Br)cc1NC(=O)CCNC(=O)COc1ccccc1C#N. The van der Waals surface area contributed by atoms with Crippen LogP contribution in [0.4, 0.5) is 5.69 Å². The van der Waals surface area contributed by atoms with Gasteiger partial charge in [-0.3, -0.25) is 9.59 Å². The molecule has 0 unspecified atom stereocenters. The minimum absolute atomic E-state index is 0.145. The van der Waals surface area contributed by atoms with Crippen LogP contribution in [0.5, 0.6) is 5.75 Å². The highest BCUT2D eigenvalue weighted by atomic mass is 79.9. The van der Waals surface area contributed by atoms with Gasteiger partial charge in [-0.2, -0.15) is 5.26 Å². The summed E-state index contributed by atoms with van der Waals surface area (Å²) in [5.41, 5.74) is 2.05. The molecule has 6 nitrogen and oxygen atoms in total. The number of nitrogens with zero attached hydrogens (tertiary/aromatic N) is 1. The maximum atomic E-state index is 12.0. The average Bonchev–Trinajstić information content (AvgIpc) is 2.63. The van der Waals surface area contributed by atoms with Crippen LogP contribution >= 0.6 is 15.9 Å². The van der Waals surface area contributed by atoms with Gasteiger partial charge in [-0.05, 0) is 36.8 Å². The second kappa shape index (κ2) is 9.59. The van der Waals surface area contributed by atoms with E-state index in [1.165, 1.54) is 0 Å². The molecule has 0 heterocycles.